The highest BCUT2D eigenvalue weighted by molar-refractivity contribution is 6.43. The van der Waals surface area contributed by atoms with Crippen molar-refractivity contribution < 1.29 is 18.7 Å². The number of pyridine rings is 1. The van der Waals surface area contributed by atoms with Gasteiger partial charge in [-0.2, -0.15) is 0 Å². The number of methoxy groups -OCH3 is 1. The van der Waals surface area contributed by atoms with Crippen LogP contribution in [0.4, 0.5) is 4.39 Å². The number of aromatic amines is 1. The molecule has 1 N–H and O–H groups in total. The molecule has 0 radical (unpaired) electrons. The van der Waals surface area contributed by atoms with Crippen LogP contribution in [0.5, 0.6) is 0 Å². The summed E-state index contributed by atoms with van der Waals surface area (Å²) in [4.78, 5) is 28.9. The highest BCUT2D eigenvalue weighted by Crippen LogP contribution is 2.26. The smallest absolute Gasteiger partial charge is 0.379 e. The molecule has 0 amide bonds. The second kappa shape index (κ2) is 4.14. The summed E-state index contributed by atoms with van der Waals surface area (Å²) in [6.45, 7) is 0. The molecule has 88 valence electrons. The van der Waals surface area contributed by atoms with Crippen LogP contribution in [0.15, 0.2) is 12.4 Å². The molecule has 0 saturated carbocycles. The van der Waals surface area contributed by atoms with Crippen LogP contribution < -0.4 is 0 Å². The van der Waals surface area contributed by atoms with Gasteiger partial charge >= 0.3 is 5.97 Å². The number of hydrogen-bond acceptors (Lipinski definition) is 4. The molecule has 17 heavy (non-hydrogen) atoms. The normalized spacial score (nSPS) is 10.5. The number of nitrogens with zero attached hydrogens (tertiary/aromatic N) is 1. The van der Waals surface area contributed by atoms with E-state index in [0.717, 1.165) is 13.3 Å². The molecule has 0 unspecified atom stereocenters. The molecule has 0 aromatic carbocycles. The number of hydrogen-bond donors (Lipinski definition) is 1. The minimum Gasteiger partial charge on any atom is -0.463 e. The zero-order chi connectivity index (χ0) is 12.6. The Morgan fingerprint density at radius 3 is 2.88 bits per heavy atom. The van der Waals surface area contributed by atoms with Crippen LogP contribution in [0, 0.1) is 5.82 Å². The van der Waals surface area contributed by atoms with Gasteiger partial charge in [0.05, 0.1) is 29.8 Å². The number of halogens is 2. The van der Waals surface area contributed by atoms with Crippen molar-refractivity contribution in [3.63, 3.8) is 0 Å². The number of fused-ring (bicyclic) bond motifs is 1. The molecule has 2 heterocycles. The summed E-state index contributed by atoms with van der Waals surface area (Å²) in [5, 5.41) is -0.0503. The number of Topliss-reactive ketones (excluding diaryl/α,β-unsaturated/α-hetero) is 1. The lowest BCUT2D eigenvalue weighted by Gasteiger charge is -1.98. The Balaban J connectivity index is 2.68. The second-order valence-electron chi connectivity index (χ2n) is 3.17. The van der Waals surface area contributed by atoms with Crippen molar-refractivity contribution in [1.29, 1.82) is 0 Å². The van der Waals surface area contributed by atoms with E-state index in [1.165, 1.54) is 6.20 Å². The third-order valence-corrected chi connectivity index (χ3v) is 2.52. The predicted molar refractivity (Wildman–Crippen MR) is 57.4 cm³/mol. The van der Waals surface area contributed by atoms with Gasteiger partial charge in [-0.05, 0) is 0 Å². The highest BCUT2D eigenvalue weighted by Gasteiger charge is 2.23. The number of H-pyrrole nitrogens is 1. The molecule has 0 atom stereocenters. The number of nitrogens with one attached hydrogen (secondary N) is 1. The van der Waals surface area contributed by atoms with Gasteiger partial charge in [-0.25, -0.2) is 14.2 Å². The van der Waals surface area contributed by atoms with Crippen LogP contribution in [0.25, 0.3) is 10.9 Å². The molecule has 2 aromatic rings. The van der Waals surface area contributed by atoms with E-state index in [-0.39, 0.29) is 21.6 Å². The minimum absolute atomic E-state index is 0.0188. The van der Waals surface area contributed by atoms with Gasteiger partial charge in [-0.1, -0.05) is 11.6 Å². The summed E-state index contributed by atoms with van der Waals surface area (Å²) in [6.07, 6.45) is 2.08. The van der Waals surface area contributed by atoms with Gasteiger partial charge in [0.15, 0.2) is 11.0 Å². The van der Waals surface area contributed by atoms with Gasteiger partial charge in [0.1, 0.15) is 0 Å². The molecule has 7 heteroatoms. The second-order valence-corrected chi connectivity index (χ2v) is 3.53. The Kier molecular flexibility index (Phi) is 2.81. The predicted octanol–water partition coefficient (Wildman–Crippen LogP) is 1.71. The molecular weight excluding hydrogens is 251 g/mol. The Morgan fingerprint density at radius 2 is 2.24 bits per heavy atom. The summed E-state index contributed by atoms with van der Waals surface area (Å²) >= 11 is 5.72. The first-order chi connectivity index (χ1) is 8.06. The van der Waals surface area contributed by atoms with Gasteiger partial charge < -0.3 is 9.72 Å². The van der Waals surface area contributed by atoms with Gasteiger partial charge in [-0.15, -0.1) is 0 Å². The molecule has 2 aromatic heterocycles. The molecule has 0 bridgehead atoms. The quantitative estimate of drug-likeness (QED) is 0.384. The van der Waals surface area contributed by atoms with E-state index in [1.807, 2.05) is 0 Å². The lowest BCUT2D eigenvalue weighted by molar-refractivity contribution is -0.135. The van der Waals surface area contributed by atoms with Gasteiger partial charge in [0, 0.05) is 6.20 Å². The van der Waals surface area contributed by atoms with Gasteiger partial charge in [-0.3, -0.25) is 4.79 Å². The summed E-state index contributed by atoms with van der Waals surface area (Å²) in [5.41, 5.74) is 0.0348. The maximum absolute atomic E-state index is 13.5. The van der Waals surface area contributed by atoms with Crippen molar-refractivity contribution in [2.45, 2.75) is 0 Å². The molecule has 5 nitrogen and oxygen atoms in total. The van der Waals surface area contributed by atoms with Gasteiger partial charge in [0.2, 0.25) is 0 Å². The largest absolute Gasteiger partial charge is 0.463 e. The third-order valence-electron chi connectivity index (χ3n) is 2.23. The molecule has 0 saturated heterocycles. The van der Waals surface area contributed by atoms with Crippen LogP contribution in [0.1, 0.15) is 10.4 Å². The number of esters is 1. The third kappa shape index (κ3) is 1.76. The zero-order valence-corrected chi connectivity index (χ0v) is 9.34. The first-order valence-electron chi connectivity index (χ1n) is 4.50. The molecular formula is C10H6ClFN2O3. The number of rotatable bonds is 2. The summed E-state index contributed by atoms with van der Waals surface area (Å²) in [7, 11) is 1.07. The van der Waals surface area contributed by atoms with Crippen molar-refractivity contribution in [3.05, 3.63) is 28.9 Å². The van der Waals surface area contributed by atoms with E-state index in [0.29, 0.717) is 0 Å². The topological polar surface area (TPSA) is 72.1 Å². The van der Waals surface area contributed by atoms with Crippen molar-refractivity contribution in [2.24, 2.45) is 0 Å². The summed E-state index contributed by atoms with van der Waals surface area (Å²) in [5.74, 6) is -2.75. The highest BCUT2D eigenvalue weighted by atomic mass is 35.5. The van der Waals surface area contributed by atoms with Crippen LogP contribution in [-0.2, 0) is 9.53 Å². The number of ether oxygens (including phenoxy) is 1. The Bertz CT molecular complexity index is 623. The Labute approximate surface area is 99.5 Å². The SMILES string of the molecule is COC(=O)C(=O)c1c[nH]c2c(Cl)ncc(F)c12. The van der Waals surface area contributed by atoms with Crippen molar-refractivity contribution in [3.8, 4) is 0 Å². The van der Waals surface area contributed by atoms with Crippen molar-refractivity contribution in [1.82, 2.24) is 9.97 Å². The van der Waals surface area contributed by atoms with Gasteiger partial charge in [0.25, 0.3) is 5.78 Å². The van der Waals surface area contributed by atoms with Crippen molar-refractivity contribution >= 4 is 34.3 Å². The van der Waals surface area contributed by atoms with Crippen molar-refractivity contribution in [2.75, 3.05) is 7.11 Å². The fourth-order valence-corrected chi connectivity index (χ4v) is 1.66. The monoisotopic (exact) mass is 256 g/mol. The molecule has 0 aliphatic carbocycles. The summed E-state index contributed by atoms with van der Waals surface area (Å²) in [6, 6.07) is 0. The number of carbonyl (C=O) groups excluding carboxylic acids is 2. The van der Waals surface area contributed by atoms with Crippen LogP contribution in [-0.4, -0.2) is 28.8 Å². The first kappa shape index (κ1) is 11.5. The standard InChI is InChI=1S/C10H6ClFN2O3/c1-17-10(16)8(15)4-2-13-7-6(4)5(12)3-14-9(7)11/h2-3,13H,1H3. The average Bonchev–Trinajstić information content (AvgIpc) is 2.77. The molecule has 0 spiro atoms. The molecule has 2 rings (SSSR count). The first-order valence-corrected chi connectivity index (χ1v) is 4.87. The zero-order valence-electron chi connectivity index (χ0n) is 8.58. The maximum atomic E-state index is 13.5. The lowest BCUT2D eigenvalue weighted by Crippen LogP contribution is -2.15. The number of ketones is 1. The summed E-state index contributed by atoms with van der Waals surface area (Å²) < 4.78 is 17.8. The van der Waals surface area contributed by atoms with E-state index in [4.69, 9.17) is 11.6 Å². The van der Waals surface area contributed by atoms with E-state index in [9.17, 15) is 14.0 Å². The molecule has 0 aliphatic rings. The van der Waals surface area contributed by atoms with E-state index in [2.05, 4.69) is 14.7 Å². The fourth-order valence-electron chi connectivity index (χ4n) is 1.46. The van der Waals surface area contributed by atoms with Crippen LogP contribution in [0.3, 0.4) is 0 Å². The fraction of sp³-hybridized carbons (Fsp3) is 0.100. The minimum atomic E-state index is -1.07. The number of carbonyl (C=O) groups is 2. The molecule has 0 aliphatic heterocycles. The molecule has 0 fully saturated rings. The van der Waals surface area contributed by atoms with Crippen LogP contribution >= 0.6 is 11.6 Å². The lowest BCUT2D eigenvalue weighted by atomic mass is 10.1. The Morgan fingerprint density at radius 1 is 1.53 bits per heavy atom. The van der Waals surface area contributed by atoms with E-state index >= 15 is 0 Å². The average molecular weight is 257 g/mol. The maximum Gasteiger partial charge on any atom is 0.379 e. The number of aromatic nitrogens is 2. The van der Waals surface area contributed by atoms with E-state index in [1.54, 1.807) is 0 Å². The van der Waals surface area contributed by atoms with Crippen LogP contribution in [0.2, 0.25) is 5.15 Å². The van der Waals surface area contributed by atoms with E-state index < -0.39 is 17.6 Å². The Hall–Kier alpha value is -1.95.